The van der Waals surface area contributed by atoms with Crippen molar-refractivity contribution in [3.8, 4) is 0 Å². The summed E-state index contributed by atoms with van der Waals surface area (Å²) < 4.78 is 0. The minimum atomic E-state index is -0.462. The molecule has 0 amide bonds. The smallest absolute Gasteiger partial charge is 0.258 e. The van der Waals surface area contributed by atoms with Crippen molar-refractivity contribution in [3.63, 3.8) is 0 Å². The Morgan fingerprint density at radius 2 is 1.73 bits per heavy atom. The molecule has 1 rings (SSSR count). The van der Waals surface area contributed by atoms with Gasteiger partial charge in [0.05, 0.1) is 4.92 Å². The van der Waals surface area contributed by atoms with Crippen LogP contribution in [0, 0.1) is 10.1 Å². The molecular weight excluding hydrogens is 177 g/mol. The average molecular weight is 181 g/mol. The zero-order chi connectivity index (χ0) is 7.56. The summed E-state index contributed by atoms with van der Waals surface area (Å²) in [5, 5.41) is 10.6. The number of hydrogen-bond acceptors (Lipinski definition) is 2. The predicted octanol–water partition coefficient (Wildman–Crippen LogP) is -0.748. The van der Waals surface area contributed by atoms with Crippen LogP contribution in [0.5, 0.6) is 0 Å². The summed E-state index contributed by atoms with van der Waals surface area (Å²) in [4.78, 5) is 9.61. The quantitative estimate of drug-likeness (QED) is 0.324. The zero-order valence-electron chi connectivity index (χ0n) is 5.95. The monoisotopic (exact) mass is 180 g/mol. The van der Waals surface area contributed by atoms with Crippen molar-refractivity contribution in [1.29, 1.82) is 0 Å². The van der Waals surface area contributed by atoms with Crippen LogP contribution >= 0.6 is 11.6 Å². The molecule has 0 fully saturated rings. The molecule has 0 radical (unpaired) electrons. The van der Waals surface area contributed by atoms with E-state index in [4.69, 9.17) is 11.6 Å². The van der Waals surface area contributed by atoms with Gasteiger partial charge in [0.2, 0.25) is 0 Å². The van der Waals surface area contributed by atoms with Gasteiger partial charge < -0.3 is 0 Å². The molecule has 0 saturated carbocycles. The fourth-order valence-corrected chi connectivity index (χ4v) is 0.689. The first-order valence-corrected chi connectivity index (χ1v) is 2.98. The number of non-ortho nitro benzene ring substituents is 1. The van der Waals surface area contributed by atoms with Crippen LogP contribution in [0.1, 0.15) is 0 Å². The predicted molar refractivity (Wildman–Crippen MR) is 38.1 cm³/mol. The van der Waals surface area contributed by atoms with Gasteiger partial charge in [0.1, 0.15) is 0 Å². The van der Waals surface area contributed by atoms with Crippen molar-refractivity contribution < 1.29 is 34.5 Å². The van der Waals surface area contributed by atoms with Gasteiger partial charge in [-0.2, -0.15) is 0 Å². The third kappa shape index (κ3) is 3.20. The standard InChI is InChI=1S/C6H4ClNO2.Na/c7-5-1-3-6(4-2-5)8(9)10;/h1-4H;/q;+1. The number of hydrogen-bond donors (Lipinski definition) is 0. The summed E-state index contributed by atoms with van der Waals surface area (Å²) in [6.45, 7) is 0. The Morgan fingerprint density at radius 3 is 2.09 bits per heavy atom. The minimum Gasteiger partial charge on any atom is -0.258 e. The number of nitro benzene ring substituents is 1. The van der Waals surface area contributed by atoms with Gasteiger partial charge >= 0.3 is 29.6 Å². The summed E-state index contributed by atoms with van der Waals surface area (Å²) in [6.07, 6.45) is 0. The largest absolute Gasteiger partial charge is 1.00 e. The maximum absolute atomic E-state index is 10.1. The normalized spacial score (nSPS) is 8.45. The van der Waals surface area contributed by atoms with Crippen molar-refractivity contribution in [2.24, 2.45) is 0 Å². The Labute approximate surface area is 90.8 Å². The summed E-state index contributed by atoms with van der Waals surface area (Å²) in [7, 11) is 0. The van der Waals surface area contributed by atoms with E-state index in [1.807, 2.05) is 0 Å². The van der Waals surface area contributed by atoms with Gasteiger partial charge in [-0.3, -0.25) is 10.1 Å². The molecule has 0 atom stereocenters. The summed E-state index contributed by atoms with van der Waals surface area (Å²) >= 11 is 5.49. The minimum absolute atomic E-state index is 0. The second-order valence-electron chi connectivity index (χ2n) is 1.73. The van der Waals surface area contributed by atoms with Crippen molar-refractivity contribution >= 4 is 17.3 Å². The molecule has 1 aromatic carbocycles. The van der Waals surface area contributed by atoms with Crippen molar-refractivity contribution in [2.45, 2.75) is 0 Å². The van der Waals surface area contributed by atoms with E-state index in [1.54, 1.807) is 0 Å². The van der Waals surface area contributed by atoms with Crippen LogP contribution in [0.2, 0.25) is 5.02 Å². The molecular formula is C6H4ClNNaO2+. The van der Waals surface area contributed by atoms with Crippen molar-refractivity contribution in [1.82, 2.24) is 0 Å². The van der Waals surface area contributed by atoms with E-state index in [1.165, 1.54) is 24.3 Å². The van der Waals surface area contributed by atoms with Crippen LogP contribution < -0.4 is 29.6 Å². The van der Waals surface area contributed by atoms with Crippen LogP contribution in [0.15, 0.2) is 24.3 Å². The van der Waals surface area contributed by atoms with Gasteiger partial charge in [0, 0.05) is 17.2 Å². The molecule has 5 heteroatoms. The van der Waals surface area contributed by atoms with Crippen LogP contribution in [0.25, 0.3) is 0 Å². The fourth-order valence-electron chi connectivity index (χ4n) is 0.563. The van der Waals surface area contributed by atoms with Gasteiger partial charge in [-0.05, 0) is 12.1 Å². The van der Waals surface area contributed by atoms with Gasteiger partial charge in [-0.25, -0.2) is 0 Å². The molecule has 0 unspecified atom stereocenters. The van der Waals surface area contributed by atoms with Crippen LogP contribution in [0.4, 0.5) is 5.69 Å². The molecule has 1 aromatic rings. The fraction of sp³-hybridized carbons (Fsp3) is 0. The van der Waals surface area contributed by atoms with Crippen molar-refractivity contribution in [2.75, 3.05) is 0 Å². The van der Waals surface area contributed by atoms with Gasteiger partial charge in [0.25, 0.3) is 5.69 Å². The average Bonchev–Trinajstić information content (AvgIpc) is 1.88. The second kappa shape index (κ2) is 4.72. The number of benzene rings is 1. The second-order valence-corrected chi connectivity index (χ2v) is 2.17. The van der Waals surface area contributed by atoms with Crippen LogP contribution in [-0.2, 0) is 0 Å². The molecule has 3 nitrogen and oxygen atoms in total. The first kappa shape index (κ1) is 10.9. The van der Waals surface area contributed by atoms with Crippen LogP contribution in [-0.4, -0.2) is 4.92 Å². The molecule has 0 spiro atoms. The molecule has 11 heavy (non-hydrogen) atoms. The maximum atomic E-state index is 10.1. The Morgan fingerprint density at radius 1 is 1.27 bits per heavy atom. The number of halogens is 1. The topological polar surface area (TPSA) is 43.1 Å². The van der Waals surface area contributed by atoms with E-state index >= 15 is 0 Å². The van der Waals surface area contributed by atoms with Gasteiger partial charge in [0.15, 0.2) is 0 Å². The molecule has 0 aliphatic heterocycles. The molecule has 0 aliphatic rings. The van der Waals surface area contributed by atoms with Gasteiger partial charge in [-0.15, -0.1) is 0 Å². The van der Waals surface area contributed by atoms with Gasteiger partial charge in [-0.1, -0.05) is 11.6 Å². The Kier molecular flexibility index (Phi) is 4.68. The van der Waals surface area contributed by atoms with Crippen LogP contribution in [0.3, 0.4) is 0 Å². The number of nitrogens with zero attached hydrogens (tertiary/aromatic N) is 1. The Balaban J connectivity index is 0.000001000. The Bertz CT molecular complexity index is 249. The summed E-state index contributed by atoms with van der Waals surface area (Å²) in [5.41, 5.74) is 0.0596. The molecule has 0 bridgehead atoms. The molecule has 0 aromatic heterocycles. The summed E-state index contributed by atoms with van der Waals surface area (Å²) in [6, 6.07) is 5.70. The molecule has 0 aliphatic carbocycles. The molecule has 52 valence electrons. The van der Waals surface area contributed by atoms with E-state index in [9.17, 15) is 10.1 Å². The number of rotatable bonds is 1. The molecule has 0 heterocycles. The first-order valence-electron chi connectivity index (χ1n) is 2.60. The van der Waals surface area contributed by atoms with E-state index in [0.29, 0.717) is 5.02 Å². The van der Waals surface area contributed by atoms with E-state index in [2.05, 4.69) is 0 Å². The van der Waals surface area contributed by atoms with E-state index in [-0.39, 0.29) is 35.2 Å². The third-order valence-electron chi connectivity index (χ3n) is 1.04. The third-order valence-corrected chi connectivity index (χ3v) is 1.29. The zero-order valence-corrected chi connectivity index (χ0v) is 8.71. The van der Waals surface area contributed by atoms with Crippen molar-refractivity contribution in [3.05, 3.63) is 39.4 Å². The molecule has 0 saturated heterocycles. The summed E-state index contributed by atoms with van der Waals surface area (Å²) in [5.74, 6) is 0. The van der Waals surface area contributed by atoms with E-state index in [0.717, 1.165) is 0 Å². The van der Waals surface area contributed by atoms with E-state index < -0.39 is 4.92 Å². The number of nitro groups is 1. The maximum Gasteiger partial charge on any atom is 1.00 e. The molecule has 0 N–H and O–H groups in total. The SMILES string of the molecule is O=[N+]([O-])c1ccc(Cl)cc1.[Na+]. The Hall–Kier alpha value is -0.0900. The first-order chi connectivity index (χ1) is 4.70.